The topological polar surface area (TPSA) is 44.4 Å². The van der Waals surface area contributed by atoms with Crippen molar-refractivity contribution in [1.82, 2.24) is 5.32 Å². The van der Waals surface area contributed by atoms with Crippen molar-refractivity contribution in [2.45, 2.75) is 38.6 Å². The van der Waals surface area contributed by atoms with E-state index >= 15 is 0 Å². The highest BCUT2D eigenvalue weighted by Crippen LogP contribution is 2.34. The average Bonchev–Trinajstić information content (AvgIpc) is 3.07. The van der Waals surface area contributed by atoms with Gasteiger partial charge in [0.25, 0.3) is 0 Å². The van der Waals surface area contributed by atoms with E-state index in [1.165, 1.54) is 31.4 Å². The molecule has 1 unspecified atom stereocenters. The highest BCUT2D eigenvalue weighted by atomic mass is 16.2. The smallest absolute Gasteiger partial charge is 0.246 e. The van der Waals surface area contributed by atoms with E-state index in [4.69, 9.17) is 0 Å². The minimum absolute atomic E-state index is 0.0578. The molecule has 4 heteroatoms. The number of hydrogen-bond acceptors (Lipinski definition) is 3. The predicted molar refractivity (Wildman–Crippen MR) is 86.7 cm³/mol. The van der Waals surface area contributed by atoms with E-state index in [9.17, 15) is 4.79 Å². The number of amides is 1. The summed E-state index contributed by atoms with van der Waals surface area (Å²) in [4.78, 5) is 14.3. The molecule has 1 amide bonds. The summed E-state index contributed by atoms with van der Waals surface area (Å²) in [7, 11) is 2.15. The van der Waals surface area contributed by atoms with Gasteiger partial charge in [0.2, 0.25) is 5.91 Å². The summed E-state index contributed by atoms with van der Waals surface area (Å²) in [5, 5.41) is 6.23. The molecule has 1 aliphatic carbocycles. The van der Waals surface area contributed by atoms with Gasteiger partial charge in [-0.05, 0) is 37.4 Å². The van der Waals surface area contributed by atoms with E-state index in [0.29, 0.717) is 0 Å². The van der Waals surface area contributed by atoms with Gasteiger partial charge >= 0.3 is 0 Å². The number of benzene rings is 1. The monoisotopic (exact) mass is 287 g/mol. The first-order valence-corrected chi connectivity index (χ1v) is 8.08. The number of rotatable bonds is 5. The fraction of sp³-hybridized carbons (Fsp3) is 0.588. The lowest BCUT2D eigenvalue weighted by Gasteiger charge is -2.23. The minimum atomic E-state index is -0.195. The van der Waals surface area contributed by atoms with Gasteiger partial charge in [-0.2, -0.15) is 0 Å². The van der Waals surface area contributed by atoms with Crippen LogP contribution < -0.4 is 15.5 Å². The normalized spacial score (nSPS) is 21.4. The van der Waals surface area contributed by atoms with Crippen LogP contribution in [-0.2, 0) is 4.79 Å². The second kappa shape index (κ2) is 6.06. The van der Waals surface area contributed by atoms with Crippen LogP contribution in [0, 0.1) is 5.92 Å². The first-order chi connectivity index (χ1) is 10.2. The van der Waals surface area contributed by atoms with Gasteiger partial charge in [0.05, 0.1) is 0 Å². The lowest BCUT2D eigenvalue weighted by molar-refractivity contribution is -0.117. The molecular formula is C17H25N3O. The second-order valence-corrected chi connectivity index (χ2v) is 6.28. The van der Waals surface area contributed by atoms with Crippen LogP contribution in [0.15, 0.2) is 18.2 Å². The maximum Gasteiger partial charge on any atom is 0.246 e. The van der Waals surface area contributed by atoms with Crippen molar-refractivity contribution < 1.29 is 4.79 Å². The summed E-state index contributed by atoms with van der Waals surface area (Å²) in [6.07, 6.45) is 5.47. The Morgan fingerprint density at radius 1 is 1.33 bits per heavy atom. The van der Waals surface area contributed by atoms with Crippen molar-refractivity contribution in [2.24, 2.45) is 5.92 Å². The quantitative estimate of drug-likeness (QED) is 0.875. The molecule has 21 heavy (non-hydrogen) atoms. The first-order valence-electron chi connectivity index (χ1n) is 8.08. The highest BCUT2D eigenvalue weighted by molar-refractivity contribution is 6.03. The third kappa shape index (κ3) is 2.91. The van der Waals surface area contributed by atoms with Crippen LogP contribution in [-0.4, -0.2) is 26.0 Å². The average molecular weight is 287 g/mol. The number of hydrogen-bond donors (Lipinski definition) is 2. The second-order valence-electron chi connectivity index (χ2n) is 6.28. The molecule has 1 atom stereocenters. The van der Waals surface area contributed by atoms with E-state index in [-0.39, 0.29) is 11.9 Å². The Labute approximate surface area is 126 Å². The van der Waals surface area contributed by atoms with E-state index in [2.05, 4.69) is 40.8 Å². The Morgan fingerprint density at radius 2 is 2.10 bits per heavy atom. The molecule has 1 fully saturated rings. The van der Waals surface area contributed by atoms with Crippen LogP contribution >= 0.6 is 0 Å². The Balaban J connectivity index is 1.74. The molecule has 0 spiro atoms. The number of carbonyl (C=O) groups excluding carboxylic acids is 1. The zero-order chi connectivity index (χ0) is 14.8. The summed E-state index contributed by atoms with van der Waals surface area (Å²) in [5.41, 5.74) is 3.22. The Morgan fingerprint density at radius 3 is 2.81 bits per heavy atom. The van der Waals surface area contributed by atoms with Crippen molar-refractivity contribution >= 4 is 17.3 Å². The molecule has 0 aromatic heterocycles. The van der Waals surface area contributed by atoms with E-state index in [0.717, 1.165) is 30.3 Å². The molecule has 1 aromatic carbocycles. The summed E-state index contributed by atoms with van der Waals surface area (Å²) >= 11 is 0. The highest BCUT2D eigenvalue weighted by Gasteiger charge is 2.30. The van der Waals surface area contributed by atoms with Crippen LogP contribution in [0.25, 0.3) is 0 Å². The van der Waals surface area contributed by atoms with E-state index < -0.39 is 0 Å². The molecule has 0 bridgehead atoms. The molecule has 0 radical (unpaired) electrons. The summed E-state index contributed by atoms with van der Waals surface area (Å²) in [6, 6.07) is 6.14. The largest absolute Gasteiger partial charge is 0.374 e. The van der Waals surface area contributed by atoms with Crippen LogP contribution in [0.5, 0.6) is 0 Å². The Kier molecular flexibility index (Phi) is 4.15. The number of likely N-dealkylation sites (N-methyl/N-ethyl adjacent to an activating group) is 1. The molecule has 114 valence electrons. The Hall–Kier alpha value is -1.55. The number of anilines is 2. The van der Waals surface area contributed by atoms with Crippen LogP contribution in [0.1, 0.15) is 44.2 Å². The molecular weight excluding hydrogens is 262 g/mol. The van der Waals surface area contributed by atoms with Gasteiger partial charge in [-0.15, -0.1) is 0 Å². The molecule has 3 rings (SSSR count). The van der Waals surface area contributed by atoms with E-state index in [1.807, 2.05) is 6.92 Å². The van der Waals surface area contributed by atoms with Crippen molar-refractivity contribution in [3.63, 3.8) is 0 Å². The fourth-order valence-corrected chi connectivity index (χ4v) is 3.58. The summed E-state index contributed by atoms with van der Waals surface area (Å²) < 4.78 is 0. The lowest BCUT2D eigenvalue weighted by atomic mass is 10.1. The van der Waals surface area contributed by atoms with E-state index in [1.54, 1.807) is 0 Å². The molecule has 2 N–H and O–H groups in total. The molecule has 1 heterocycles. The van der Waals surface area contributed by atoms with Crippen LogP contribution in [0.2, 0.25) is 0 Å². The van der Waals surface area contributed by atoms with Gasteiger partial charge in [0.15, 0.2) is 0 Å². The van der Waals surface area contributed by atoms with Crippen LogP contribution in [0.3, 0.4) is 0 Å². The molecule has 1 saturated carbocycles. The number of nitrogens with zero attached hydrogens (tertiary/aromatic N) is 1. The zero-order valence-electron chi connectivity index (χ0n) is 13.0. The Bertz CT molecular complexity index is 523. The number of fused-ring (bicyclic) bond motifs is 1. The predicted octanol–water partition coefficient (Wildman–Crippen LogP) is 2.92. The molecule has 4 nitrogen and oxygen atoms in total. The first kappa shape index (κ1) is 14.4. The van der Waals surface area contributed by atoms with Gasteiger partial charge in [-0.3, -0.25) is 4.79 Å². The lowest BCUT2D eigenvalue weighted by Crippen LogP contribution is -2.27. The standard InChI is InChI=1S/C17H25N3O/c1-3-18-16-14-9-8-13(10-15(14)19-17(16)21)20(2)11-12-6-4-5-7-12/h8-10,12,16,18H,3-7,11H2,1-2H3,(H,19,21). The van der Waals surface area contributed by atoms with Gasteiger partial charge in [0.1, 0.15) is 6.04 Å². The number of nitrogens with one attached hydrogen (secondary N) is 2. The maximum absolute atomic E-state index is 12.0. The maximum atomic E-state index is 12.0. The zero-order valence-corrected chi connectivity index (χ0v) is 13.0. The van der Waals surface area contributed by atoms with Gasteiger partial charge in [-0.1, -0.05) is 25.8 Å². The third-order valence-corrected chi connectivity index (χ3v) is 4.72. The van der Waals surface area contributed by atoms with Crippen molar-refractivity contribution in [2.75, 3.05) is 30.4 Å². The van der Waals surface area contributed by atoms with Gasteiger partial charge in [0, 0.05) is 30.5 Å². The van der Waals surface area contributed by atoms with Gasteiger partial charge in [-0.25, -0.2) is 0 Å². The van der Waals surface area contributed by atoms with Crippen molar-refractivity contribution in [3.8, 4) is 0 Å². The number of carbonyl (C=O) groups is 1. The fourth-order valence-electron chi connectivity index (χ4n) is 3.58. The molecule has 1 aliphatic heterocycles. The third-order valence-electron chi connectivity index (χ3n) is 4.72. The summed E-state index contributed by atoms with van der Waals surface area (Å²) in [6.45, 7) is 3.93. The summed E-state index contributed by atoms with van der Waals surface area (Å²) in [5.74, 6) is 0.884. The van der Waals surface area contributed by atoms with Crippen LogP contribution in [0.4, 0.5) is 11.4 Å². The molecule has 2 aliphatic rings. The minimum Gasteiger partial charge on any atom is -0.374 e. The SMILES string of the molecule is CCNC1C(=O)Nc2cc(N(C)CC3CCCC3)ccc21. The van der Waals surface area contributed by atoms with Gasteiger partial charge < -0.3 is 15.5 Å². The van der Waals surface area contributed by atoms with Crippen molar-refractivity contribution in [3.05, 3.63) is 23.8 Å². The molecule has 0 saturated heterocycles. The van der Waals surface area contributed by atoms with Crippen molar-refractivity contribution in [1.29, 1.82) is 0 Å². The molecule has 1 aromatic rings.